The first-order valence-corrected chi connectivity index (χ1v) is 4.20. The maximum Gasteiger partial charge on any atom is 0.573 e. The molecular formula is C9H10F3NO2. The summed E-state index contributed by atoms with van der Waals surface area (Å²) in [6, 6.07) is 3.84. The Morgan fingerprint density at radius 1 is 1.27 bits per heavy atom. The van der Waals surface area contributed by atoms with Crippen LogP contribution >= 0.6 is 0 Å². The van der Waals surface area contributed by atoms with Gasteiger partial charge in [0.15, 0.2) is 11.5 Å². The van der Waals surface area contributed by atoms with Crippen LogP contribution in [0.4, 0.5) is 18.9 Å². The molecule has 0 bridgehead atoms. The highest BCUT2D eigenvalue weighted by Crippen LogP contribution is 2.33. The number of alkyl halides is 3. The Labute approximate surface area is 84.6 Å². The van der Waals surface area contributed by atoms with Gasteiger partial charge in [-0.1, -0.05) is 0 Å². The molecule has 0 atom stereocenters. The molecule has 0 aliphatic rings. The predicted octanol–water partition coefficient (Wildman–Crippen LogP) is 2.57. The minimum atomic E-state index is -4.75. The summed E-state index contributed by atoms with van der Waals surface area (Å²) in [5.74, 6) is -0.409. The van der Waals surface area contributed by atoms with E-state index in [1.165, 1.54) is 12.1 Å². The van der Waals surface area contributed by atoms with Crippen molar-refractivity contribution in [2.45, 2.75) is 13.3 Å². The molecular weight excluding hydrogens is 211 g/mol. The summed E-state index contributed by atoms with van der Waals surface area (Å²) in [5.41, 5.74) is 5.52. The Kier molecular flexibility index (Phi) is 3.28. The largest absolute Gasteiger partial charge is 0.573 e. The van der Waals surface area contributed by atoms with Gasteiger partial charge < -0.3 is 15.2 Å². The van der Waals surface area contributed by atoms with Gasteiger partial charge in [-0.25, -0.2) is 0 Å². The highest BCUT2D eigenvalue weighted by atomic mass is 19.4. The van der Waals surface area contributed by atoms with E-state index in [0.29, 0.717) is 0 Å². The van der Waals surface area contributed by atoms with Gasteiger partial charge in [0.25, 0.3) is 0 Å². The highest BCUT2D eigenvalue weighted by molar-refractivity contribution is 5.52. The van der Waals surface area contributed by atoms with Crippen LogP contribution in [0.25, 0.3) is 0 Å². The Morgan fingerprint density at radius 3 is 2.47 bits per heavy atom. The monoisotopic (exact) mass is 221 g/mol. The van der Waals surface area contributed by atoms with Crippen molar-refractivity contribution >= 4 is 5.69 Å². The lowest BCUT2D eigenvalue weighted by Crippen LogP contribution is -2.17. The van der Waals surface area contributed by atoms with Crippen molar-refractivity contribution in [2.24, 2.45) is 0 Å². The van der Waals surface area contributed by atoms with Gasteiger partial charge in [-0.15, -0.1) is 13.2 Å². The average molecular weight is 221 g/mol. The molecule has 0 aliphatic heterocycles. The first kappa shape index (κ1) is 11.5. The zero-order valence-electron chi connectivity index (χ0n) is 7.97. The molecule has 0 heterocycles. The maximum atomic E-state index is 12.0. The third-order valence-corrected chi connectivity index (χ3v) is 1.49. The molecule has 0 saturated heterocycles. The fraction of sp³-hybridized carbons (Fsp3) is 0.333. The molecule has 3 nitrogen and oxygen atoms in total. The van der Waals surface area contributed by atoms with Crippen molar-refractivity contribution in [1.29, 1.82) is 0 Å². The second-order valence-electron chi connectivity index (χ2n) is 2.69. The average Bonchev–Trinajstić information content (AvgIpc) is 2.07. The Bertz CT molecular complexity index is 339. The molecule has 1 rings (SSSR count). The molecule has 15 heavy (non-hydrogen) atoms. The van der Waals surface area contributed by atoms with Gasteiger partial charge in [0.05, 0.1) is 6.61 Å². The van der Waals surface area contributed by atoms with E-state index in [4.69, 9.17) is 10.5 Å². The predicted molar refractivity (Wildman–Crippen MR) is 48.7 cm³/mol. The van der Waals surface area contributed by atoms with Gasteiger partial charge in [0, 0.05) is 11.8 Å². The van der Waals surface area contributed by atoms with Gasteiger partial charge in [0.1, 0.15) is 0 Å². The third kappa shape index (κ3) is 3.57. The minimum Gasteiger partial charge on any atom is -0.490 e. The van der Waals surface area contributed by atoms with Crippen LogP contribution < -0.4 is 15.2 Å². The molecule has 0 radical (unpaired) electrons. The molecule has 0 spiro atoms. The summed E-state index contributed by atoms with van der Waals surface area (Å²) in [4.78, 5) is 0. The Hall–Kier alpha value is -1.59. The second kappa shape index (κ2) is 4.29. The van der Waals surface area contributed by atoms with Crippen molar-refractivity contribution in [3.8, 4) is 11.5 Å². The van der Waals surface area contributed by atoms with Crippen LogP contribution in [0.5, 0.6) is 11.5 Å². The van der Waals surface area contributed by atoms with E-state index in [1.54, 1.807) is 6.92 Å². The SMILES string of the molecule is CCOc1ccc(N)cc1OC(F)(F)F. The van der Waals surface area contributed by atoms with E-state index in [0.717, 1.165) is 6.07 Å². The third-order valence-electron chi connectivity index (χ3n) is 1.49. The van der Waals surface area contributed by atoms with Crippen molar-refractivity contribution in [2.75, 3.05) is 12.3 Å². The quantitative estimate of drug-likeness (QED) is 0.798. The topological polar surface area (TPSA) is 44.5 Å². The van der Waals surface area contributed by atoms with Crippen LogP contribution in [-0.2, 0) is 0 Å². The van der Waals surface area contributed by atoms with Crippen LogP contribution in [0.1, 0.15) is 6.92 Å². The number of nitrogen functional groups attached to an aromatic ring is 1. The first-order valence-electron chi connectivity index (χ1n) is 4.20. The molecule has 6 heteroatoms. The molecule has 84 valence electrons. The first-order chi connectivity index (χ1) is 6.92. The highest BCUT2D eigenvalue weighted by Gasteiger charge is 2.32. The Balaban J connectivity index is 2.96. The van der Waals surface area contributed by atoms with Gasteiger partial charge in [0.2, 0.25) is 0 Å². The van der Waals surface area contributed by atoms with Crippen molar-refractivity contribution in [1.82, 2.24) is 0 Å². The van der Waals surface area contributed by atoms with Crippen LogP contribution in [0.15, 0.2) is 18.2 Å². The molecule has 0 amide bonds. The van der Waals surface area contributed by atoms with Crippen molar-refractivity contribution < 1.29 is 22.6 Å². The summed E-state index contributed by atoms with van der Waals surface area (Å²) in [6.07, 6.45) is -4.75. The number of anilines is 1. The number of hydrogen-bond acceptors (Lipinski definition) is 3. The number of halogens is 3. The number of hydrogen-bond donors (Lipinski definition) is 1. The zero-order valence-corrected chi connectivity index (χ0v) is 7.97. The molecule has 0 aliphatic carbocycles. The number of nitrogens with two attached hydrogens (primary N) is 1. The van der Waals surface area contributed by atoms with E-state index in [-0.39, 0.29) is 18.0 Å². The minimum absolute atomic E-state index is 0.0176. The van der Waals surface area contributed by atoms with Gasteiger partial charge >= 0.3 is 6.36 Å². The van der Waals surface area contributed by atoms with Gasteiger partial charge in [-0.2, -0.15) is 0 Å². The molecule has 1 aromatic rings. The second-order valence-corrected chi connectivity index (χ2v) is 2.69. The summed E-state index contributed by atoms with van der Waals surface area (Å²) in [6.45, 7) is 1.91. The molecule has 0 unspecified atom stereocenters. The fourth-order valence-corrected chi connectivity index (χ4v) is 1.00. The Morgan fingerprint density at radius 2 is 1.93 bits per heavy atom. The summed E-state index contributed by atoms with van der Waals surface area (Å²) >= 11 is 0. The van der Waals surface area contributed by atoms with Gasteiger partial charge in [-0.3, -0.25) is 0 Å². The van der Waals surface area contributed by atoms with E-state index in [2.05, 4.69) is 4.74 Å². The molecule has 2 N–H and O–H groups in total. The van der Waals surface area contributed by atoms with E-state index in [9.17, 15) is 13.2 Å². The van der Waals surface area contributed by atoms with Gasteiger partial charge in [-0.05, 0) is 19.1 Å². The van der Waals surface area contributed by atoms with E-state index < -0.39 is 12.1 Å². The summed E-state index contributed by atoms with van der Waals surface area (Å²) in [7, 11) is 0. The van der Waals surface area contributed by atoms with Crippen LogP contribution in [0.2, 0.25) is 0 Å². The van der Waals surface area contributed by atoms with E-state index >= 15 is 0 Å². The van der Waals surface area contributed by atoms with Crippen LogP contribution in [0, 0.1) is 0 Å². The lowest BCUT2D eigenvalue weighted by atomic mass is 10.3. The number of benzene rings is 1. The lowest BCUT2D eigenvalue weighted by Gasteiger charge is -2.13. The standard InChI is InChI=1S/C9H10F3NO2/c1-2-14-7-4-3-6(13)5-8(7)15-9(10,11)12/h3-5H,2,13H2,1H3. The lowest BCUT2D eigenvalue weighted by molar-refractivity contribution is -0.275. The molecule has 0 saturated carbocycles. The molecule has 0 fully saturated rings. The van der Waals surface area contributed by atoms with Crippen LogP contribution in [-0.4, -0.2) is 13.0 Å². The number of rotatable bonds is 3. The zero-order chi connectivity index (χ0) is 11.5. The van der Waals surface area contributed by atoms with Crippen molar-refractivity contribution in [3.05, 3.63) is 18.2 Å². The van der Waals surface area contributed by atoms with Crippen LogP contribution in [0.3, 0.4) is 0 Å². The number of ether oxygens (including phenoxy) is 2. The summed E-state index contributed by atoms with van der Waals surface area (Å²) < 4.78 is 44.6. The maximum absolute atomic E-state index is 12.0. The molecule has 1 aromatic carbocycles. The normalized spacial score (nSPS) is 11.2. The fourth-order valence-electron chi connectivity index (χ4n) is 1.00. The summed E-state index contributed by atoms with van der Waals surface area (Å²) in [5, 5.41) is 0. The smallest absolute Gasteiger partial charge is 0.490 e. The molecule has 0 aromatic heterocycles. The van der Waals surface area contributed by atoms with Crippen molar-refractivity contribution in [3.63, 3.8) is 0 Å². The van der Waals surface area contributed by atoms with E-state index in [1.807, 2.05) is 0 Å².